The van der Waals surface area contributed by atoms with Gasteiger partial charge in [-0.25, -0.2) is 4.98 Å². The Balaban J connectivity index is 2.10. The van der Waals surface area contributed by atoms with Gasteiger partial charge in [0.15, 0.2) is 5.13 Å². The van der Waals surface area contributed by atoms with Gasteiger partial charge in [0.1, 0.15) is 0 Å². The molecule has 1 aliphatic rings. The Bertz CT molecular complexity index is 409. The largest absolute Gasteiger partial charge is 0.378 e. The summed E-state index contributed by atoms with van der Waals surface area (Å²) in [5.41, 5.74) is 6.78. The third-order valence-electron chi connectivity index (χ3n) is 3.68. The first-order valence-electron chi connectivity index (χ1n) is 6.86. The van der Waals surface area contributed by atoms with Crippen LogP contribution in [-0.2, 0) is 17.9 Å². The highest BCUT2D eigenvalue weighted by atomic mass is 32.1. The average Bonchev–Trinajstić information content (AvgIpc) is 2.82. The van der Waals surface area contributed by atoms with Crippen molar-refractivity contribution in [2.45, 2.75) is 33.0 Å². The SMILES string of the molecule is CCN1CCN(c2nc(COC)c(CN)s2)CC1C. The quantitative estimate of drug-likeness (QED) is 0.883. The number of hydrogen-bond acceptors (Lipinski definition) is 6. The van der Waals surface area contributed by atoms with Crippen LogP contribution in [0.15, 0.2) is 0 Å². The summed E-state index contributed by atoms with van der Waals surface area (Å²) in [4.78, 5) is 10.7. The molecule has 5 nitrogen and oxygen atoms in total. The normalized spacial score (nSPS) is 21.1. The first-order valence-corrected chi connectivity index (χ1v) is 7.67. The van der Waals surface area contributed by atoms with Gasteiger partial charge in [0.25, 0.3) is 0 Å². The van der Waals surface area contributed by atoms with E-state index in [4.69, 9.17) is 15.5 Å². The van der Waals surface area contributed by atoms with Gasteiger partial charge in [-0.1, -0.05) is 6.92 Å². The Labute approximate surface area is 119 Å². The van der Waals surface area contributed by atoms with E-state index in [0.29, 0.717) is 19.2 Å². The van der Waals surface area contributed by atoms with Crippen LogP contribution >= 0.6 is 11.3 Å². The molecule has 2 rings (SSSR count). The van der Waals surface area contributed by atoms with Gasteiger partial charge in [-0.05, 0) is 13.5 Å². The van der Waals surface area contributed by atoms with E-state index in [1.165, 1.54) is 0 Å². The molecule has 1 aromatic rings. The van der Waals surface area contributed by atoms with Gasteiger partial charge in [0.2, 0.25) is 0 Å². The lowest BCUT2D eigenvalue weighted by Gasteiger charge is -2.39. The van der Waals surface area contributed by atoms with Crippen molar-refractivity contribution in [1.29, 1.82) is 0 Å². The van der Waals surface area contributed by atoms with E-state index in [9.17, 15) is 0 Å². The van der Waals surface area contributed by atoms with Crippen LogP contribution in [0.4, 0.5) is 5.13 Å². The molecule has 1 aromatic heterocycles. The lowest BCUT2D eigenvalue weighted by atomic mass is 10.2. The number of nitrogens with zero attached hydrogens (tertiary/aromatic N) is 3. The van der Waals surface area contributed by atoms with Crippen molar-refractivity contribution in [1.82, 2.24) is 9.88 Å². The second kappa shape index (κ2) is 6.65. The molecule has 0 spiro atoms. The zero-order valence-electron chi connectivity index (χ0n) is 12.1. The van der Waals surface area contributed by atoms with Crippen LogP contribution in [-0.4, -0.2) is 49.2 Å². The van der Waals surface area contributed by atoms with Gasteiger partial charge in [0.05, 0.1) is 12.3 Å². The molecule has 1 saturated heterocycles. The van der Waals surface area contributed by atoms with Gasteiger partial charge in [0, 0.05) is 44.2 Å². The van der Waals surface area contributed by atoms with Crippen LogP contribution in [0, 0.1) is 0 Å². The monoisotopic (exact) mass is 284 g/mol. The standard InChI is InChI=1S/C13H24N4OS/c1-4-16-5-6-17(8-10(16)2)13-15-11(9-18-3)12(7-14)19-13/h10H,4-9,14H2,1-3H3. The van der Waals surface area contributed by atoms with Crippen molar-refractivity contribution in [3.8, 4) is 0 Å². The third-order valence-corrected chi connectivity index (χ3v) is 4.86. The fraction of sp³-hybridized carbons (Fsp3) is 0.769. The predicted molar refractivity (Wildman–Crippen MR) is 79.6 cm³/mol. The predicted octanol–water partition coefficient (Wildman–Crippen LogP) is 1.28. The Morgan fingerprint density at radius 1 is 1.47 bits per heavy atom. The Morgan fingerprint density at radius 2 is 2.26 bits per heavy atom. The summed E-state index contributed by atoms with van der Waals surface area (Å²) in [6, 6.07) is 0.579. The fourth-order valence-corrected chi connectivity index (χ4v) is 3.53. The lowest BCUT2D eigenvalue weighted by molar-refractivity contribution is 0.181. The summed E-state index contributed by atoms with van der Waals surface area (Å²) in [6.07, 6.45) is 0. The second-order valence-corrected chi connectivity index (χ2v) is 5.99. The maximum absolute atomic E-state index is 5.78. The van der Waals surface area contributed by atoms with Gasteiger partial charge in [-0.3, -0.25) is 4.90 Å². The molecular weight excluding hydrogens is 260 g/mol. The Kier molecular flexibility index (Phi) is 5.15. The van der Waals surface area contributed by atoms with E-state index in [1.54, 1.807) is 18.4 Å². The minimum atomic E-state index is 0.542. The topological polar surface area (TPSA) is 54.6 Å². The highest BCUT2D eigenvalue weighted by Gasteiger charge is 2.25. The summed E-state index contributed by atoms with van der Waals surface area (Å²) in [6.45, 7) is 9.90. The molecule has 0 aromatic carbocycles. The van der Waals surface area contributed by atoms with Crippen molar-refractivity contribution in [2.75, 3.05) is 38.2 Å². The van der Waals surface area contributed by atoms with E-state index < -0.39 is 0 Å². The highest BCUT2D eigenvalue weighted by Crippen LogP contribution is 2.28. The van der Waals surface area contributed by atoms with E-state index in [0.717, 1.165) is 41.9 Å². The molecule has 0 bridgehead atoms. The minimum absolute atomic E-state index is 0.542. The smallest absolute Gasteiger partial charge is 0.186 e. The van der Waals surface area contributed by atoms with Crippen LogP contribution in [0.25, 0.3) is 0 Å². The van der Waals surface area contributed by atoms with Crippen LogP contribution < -0.4 is 10.6 Å². The molecule has 0 aliphatic carbocycles. The van der Waals surface area contributed by atoms with E-state index in [1.807, 2.05) is 0 Å². The number of methoxy groups -OCH3 is 1. The summed E-state index contributed by atoms with van der Waals surface area (Å²) < 4.78 is 5.19. The summed E-state index contributed by atoms with van der Waals surface area (Å²) >= 11 is 1.71. The molecule has 6 heteroatoms. The lowest BCUT2D eigenvalue weighted by Crippen LogP contribution is -2.51. The number of nitrogens with two attached hydrogens (primary N) is 1. The number of hydrogen-bond donors (Lipinski definition) is 1. The molecule has 0 amide bonds. The Hall–Kier alpha value is -0.690. The maximum Gasteiger partial charge on any atom is 0.186 e. The first kappa shape index (κ1) is 14.7. The molecule has 2 heterocycles. The van der Waals surface area contributed by atoms with Crippen molar-refractivity contribution in [3.63, 3.8) is 0 Å². The molecule has 1 unspecified atom stereocenters. The van der Waals surface area contributed by atoms with Gasteiger partial charge in [-0.15, -0.1) is 11.3 Å². The molecule has 1 fully saturated rings. The summed E-state index contributed by atoms with van der Waals surface area (Å²) in [7, 11) is 1.70. The molecule has 2 N–H and O–H groups in total. The van der Waals surface area contributed by atoms with Crippen molar-refractivity contribution in [2.24, 2.45) is 5.73 Å². The molecule has 1 aliphatic heterocycles. The van der Waals surface area contributed by atoms with Crippen molar-refractivity contribution in [3.05, 3.63) is 10.6 Å². The number of rotatable bonds is 5. The van der Waals surface area contributed by atoms with Crippen LogP contribution in [0.1, 0.15) is 24.4 Å². The molecule has 108 valence electrons. The van der Waals surface area contributed by atoms with E-state index in [-0.39, 0.29) is 0 Å². The van der Waals surface area contributed by atoms with E-state index in [2.05, 4.69) is 23.6 Å². The average molecular weight is 284 g/mol. The summed E-state index contributed by atoms with van der Waals surface area (Å²) in [5.74, 6) is 0. The third kappa shape index (κ3) is 3.25. The van der Waals surface area contributed by atoms with Gasteiger partial charge >= 0.3 is 0 Å². The van der Waals surface area contributed by atoms with Gasteiger partial charge < -0.3 is 15.4 Å². The number of ether oxygens (including phenoxy) is 1. The second-order valence-electron chi connectivity index (χ2n) is 4.93. The summed E-state index contributed by atoms with van der Waals surface area (Å²) in [5, 5.41) is 1.09. The zero-order chi connectivity index (χ0) is 13.8. The number of anilines is 1. The number of thiazole rings is 1. The highest BCUT2D eigenvalue weighted by molar-refractivity contribution is 7.15. The molecular formula is C13H24N4OS. The van der Waals surface area contributed by atoms with Crippen molar-refractivity contribution < 1.29 is 4.74 Å². The molecule has 0 saturated carbocycles. The van der Waals surface area contributed by atoms with Crippen LogP contribution in [0.5, 0.6) is 0 Å². The number of aromatic nitrogens is 1. The van der Waals surface area contributed by atoms with Crippen molar-refractivity contribution >= 4 is 16.5 Å². The minimum Gasteiger partial charge on any atom is -0.378 e. The molecule has 0 radical (unpaired) electrons. The van der Waals surface area contributed by atoms with E-state index >= 15 is 0 Å². The Morgan fingerprint density at radius 3 is 2.84 bits per heavy atom. The zero-order valence-corrected chi connectivity index (χ0v) is 12.9. The first-order chi connectivity index (χ1) is 9.19. The fourth-order valence-electron chi connectivity index (χ4n) is 2.55. The van der Waals surface area contributed by atoms with Crippen LogP contribution in [0.3, 0.4) is 0 Å². The van der Waals surface area contributed by atoms with Gasteiger partial charge in [-0.2, -0.15) is 0 Å². The maximum atomic E-state index is 5.78. The molecule has 1 atom stereocenters. The number of piperazine rings is 1. The molecule has 19 heavy (non-hydrogen) atoms. The van der Waals surface area contributed by atoms with Crippen LogP contribution in [0.2, 0.25) is 0 Å². The number of likely N-dealkylation sites (N-methyl/N-ethyl adjacent to an activating group) is 1.